The minimum atomic E-state index is -0.276. The first kappa shape index (κ1) is 15.2. The highest BCUT2D eigenvalue weighted by Gasteiger charge is 2.21. The van der Waals surface area contributed by atoms with E-state index >= 15 is 0 Å². The second-order valence-electron chi connectivity index (χ2n) is 4.89. The number of carbonyl (C=O) groups is 1. The van der Waals surface area contributed by atoms with E-state index in [2.05, 4.69) is 10.3 Å². The summed E-state index contributed by atoms with van der Waals surface area (Å²) in [5.74, 6) is 2.11. The average Bonchev–Trinajstić information content (AvgIpc) is 3.03. The molecule has 0 radical (unpaired) electrons. The van der Waals surface area contributed by atoms with Crippen molar-refractivity contribution in [2.24, 2.45) is 0 Å². The summed E-state index contributed by atoms with van der Waals surface area (Å²) in [6.45, 7) is 0. The van der Waals surface area contributed by atoms with Gasteiger partial charge in [-0.05, 0) is 36.4 Å². The topological polar surface area (TPSA) is 51.2 Å². The number of nitrogens with one attached hydrogen (secondary N) is 1. The Labute approximate surface area is 138 Å². The molecule has 1 aromatic heterocycles. The van der Waals surface area contributed by atoms with Crippen LogP contribution in [0.2, 0.25) is 5.02 Å². The van der Waals surface area contributed by atoms with Crippen LogP contribution in [-0.4, -0.2) is 28.5 Å². The van der Waals surface area contributed by atoms with E-state index in [0.29, 0.717) is 22.2 Å². The number of pyridine rings is 1. The van der Waals surface area contributed by atoms with E-state index in [1.54, 1.807) is 30.5 Å². The summed E-state index contributed by atoms with van der Waals surface area (Å²) in [7, 11) is 0. The molecule has 4 nitrogen and oxygen atoms in total. The molecule has 1 amide bonds. The minimum Gasteiger partial charge on any atom is -0.473 e. The molecule has 22 heavy (non-hydrogen) atoms. The zero-order valence-corrected chi connectivity index (χ0v) is 13.4. The van der Waals surface area contributed by atoms with E-state index in [-0.39, 0.29) is 12.0 Å². The number of anilines is 1. The zero-order chi connectivity index (χ0) is 15.4. The molecule has 1 aliphatic heterocycles. The summed E-state index contributed by atoms with van der Waals surface area (Å²) in [6.07, 6.45) is 2.73. The second kappa shape index (κ2) is 7.03. The quantitative estimate of drug-likeness (QED) is 0.922. The van der Waals surface area contributed by atoms with Crippen molar-refractivity contribution >= 4 is 35.0 Å². The van der Waals surface area contributed by atoms with Gasteiger partial charge in [0.1, 0.15) is 11.7 Å². The highest BCUT2D eigenvalue weighted by Crippen LogP contribution is 2.26. The van der Waals surface area contributed by atoms with Gasteiger partial charge in [-0.2, -0.15) is 11.8 Å². The summed E-state index contributed by atoms with van der Waals surface area (Å²) < 4.78 is 5.87. The molecule has 1 fully saturated rings. The number of halogens is 1. The maximum atomic E-state index is 12.5. The number of benzene rings is 1. The van der Waals surface area contributed by atoms with Crippen LogP contribution >= 0.6 is 23.4 Å². The van der Waals surface area contributed by atoms with Crippen molar-refractivity contribution in [3.8, 4) is 5.88 Å². The van der Waals surface area contributed by atoms with Gasteiger partial charge in [-0.1, -0.05) is 23.7 Å². The third-order valence-corrected chi connectivity index (χ3v) is 4.77. The number of thioether (sulfide) groups is 1. The fraction of sp³-hybridized carbons (Fsp3) is 0.250. The number of para-hydroxylation sites is 1. The normalized spacial score (nSPS) is 17.2. The summed E-state index contributed by atoms with van der Waals surface area (Å²) in [4.78, 5) is 16.7. The van der Waals surface area contributed by atoms with E-state index in [1.165, 1.54) is 0 Å². The van der Waals surface area contributed by atoms with E-state index < -0.39 is 0 Å². The van der Waals surface area contributed by atoms with E-state index in [1.807, 2.05) is 23.9 Å². The van der Waals surface area contributed by atoms with E-state index in [4.69, 9.17) is 16.3 Å². The van der Waals surface area contributed by atoms with Gasteiger partial charge in [-0.15, -0.1) is 0 Å². The molecule has 0 unspecified atom stereocenters. The monoisotopic (exact) mass is 334 g/mol. The Hall–Kier alpha value is -1.72. The number of aromatic nitrogens is 1. The molecule has 1 saturated heterocycles. The Kier molecular flexibility index (Phi) is 4.85. The molecule has 1 atom stereocenters. The molecule has 114 valence electrons. The van der Waals surface area contributed by atoms with E-state index in [0.717, 1.165) is 17.9 Å². The number of amides is 1. The number of ether oxygens (including phenoxy) is 1. The lowest BCUT2D eigenvalue weighted by atomic mass is 10.2. The number of carbonyl (C=O) groups excluding carboxylic acids is 1. The first-order chi connectivity index (χ1) is 10.7. The Morgan fingerprint density at radius 3 is 2.95 bits per heavy atom. The van der Waals surface area contributed by atoms with Gasteiger partial charge in [0.2, 0.25) is 5.88 Å². The van der Waals surface area contributed by atoms with Gasteiger partial charge >= 0.3 is 0 Å². The first-order valence-electron chi connectivity index (χ1n) is 6.99. The third kappa shape index (κ3) is 3.54. The predicted octanol–water partition coefficient (Wildman–Crippen LogP) is 3.87. The number of hydrogen-bond acceptors (Lipinski definition) is 4. The summed E-state index contributed by atoms with van der Waals surface area (Å²) in [5, 5.41) is 3.29. The number of nitrogens with zero attached hydrogens (tertiary/aromatic N) is 1. The summed E-state index contributed by atoms with van der Waals surface area (Å²) in [6, 6.07) is 10.5. The van der Waals surface area contributed by atoms with Crippen molar-refractivity contribution in [3.63, 3.8) is 0 Å². The fourth-order valence-electron chi connectivity index (χ4n) is 2.17. The van der Waals surface area contributed by atoms with Crippen LogP contribution in [0.3, 0.4) is 0 Å². The Balaban J connectivity index is 1.78. The Morgan fingerprint density at radius 2 is 2.18 bits per heavy atom. The molecule has 0 bridgehead atoms. The van der Waals surface area contributed by atoms with Gasteiger partial charge in [0.15, 0.2) is 0 Å². The number of rotatable bonds is 4. The lowest BCUT2D eigenvalue weighted by molar-refractivity contribution is 0.101. The highest BCUT2D eigenvalue weighted by molar-refractivity contribution is 7.99. The van der Waals surface area contributed by atoms with Gasteiger partial charge in [0.05, 0.1) is 10.7 Å². The summed E-state index contributed by atoms with van der Waals surface area (Å²) in [5.41, 5.74) is 0.986. The lowest BCUT2D eigenvalue weighted by Crippen LogP contribution is -2.20. The van der Waals surface area contributed by atoms with E-state index in [9.17, 15) is 4.79 Å². The van der Waals surface area contributed by atoms with Crippen LogP contribution in [0.4, 0.5) is 5.69 Å². The van der Waals surface area contributed by atoms with Crippen LogP contribution in [0.15, 0.2) is 42.6 Å². The van der Waals surface area contributed by atoms with Crippen LogP contribution in [0.1, 0.15) is 16.8 Å². The lowest BCUT2D eigenvalue weighted by Gasteiger charge is -2.14. The largest absolute Gasteiger partial charge is 0.473 e. The van der Waals surface area contributed by atoms with Crippen LogP contribution < -0.4 is 10.1 Å². The fourth-order valence-corrected chi connectivity index (χ4v) is 3.45. The minimum absolute atomic E-state index is 0.117. The predicted molar refractivity (Wildman–Crippen MR) is 90.0 cm³/mol. The van der Waals surface area contributed by atoms with Crippen LogP contribution in [0.5, 0.6) is 5.88 Å². The molecule has 0 aliphatic carbocycles. The van der Waals surface area contributed by atoms with Crippen molar-refractivity contribution in [2.45, 2.75) is 12.5 Å². The van der Waals surface area contributed by atoms with Gasteiger partial charge in [-0.25, -0.2) is 4.98 Å². The molecule has 1 aliphatic rings. The van der Waals surface area contributed by atoms with Crippen molar-refractivity contribution < 1.29 is 9.53 Å². The zero-order valence-electron chi connectivity index (χ0n) is 11.8. The van der Waals surface area contributed by atoms with Crippen molar-refractivity contribution in [1.29, 1.82) is 0 Å². The molecule has 0 saturated carbocycles. The molecule has 1 aromatic carbocycles. The molecule has 2 aromatic rings. The average molecular weight is 335 g/mol. The molecule has 2 heterocycles. The molecule has 6 heteroatoms. The summed E-state index contributed by atoms with van der Waals surface area (Å²) >= 11 is 7.92. The smallest absolute Gasteiger partial charge is 0.261 e. The first-order valence-corrected chi connectivity index (χ1v) is 8.52. The van der Waals surface area contributed by atoms with Crippen LogP contribution in [0, 0.1) is 0 Å². The molecular formula is C16H15ClN2O2S. The third-order valence-electron chi connectivity index (χ3n) is 3.30. The molecule has 3 rings (SSSR count). The van der Waals surface area contributed by atoms with Gasteiger partial charge in [0, 0.05) is 11.9 Å². The Bertz CT molecular complexity index is 675. The number of hydrogen-bond donors (Lipinski definition) is 1. The maximum absolute atomic E-state index is 12.5. The van der Waals surface area contributed by atoms with Crippen molar-refractivity contribution in [1.82, 2.24) is 4.98 Å². The van der Waals surface area contributed by atoms with Crippen molar-refractivity contribution in [3.05, 3.63) is 53.2 Å². The van der Waals surface area contributed by atoms with Gasteiger partial charge in [-0.3, -0.25) is 4.79 Å². The molecule has 1 N–H and O–H groups in total. The molecular weight excluding hydrogens is 320 g/mol. The SMILES string of the molecule is O=C(Nc1ccccc1Cl)c1cccnc1O[C@@H]1CCSC1. The van der Waals surface area contributed by atoms with Crippen molar-refractivity contribution in [2.75, 3.05) is 16.8 Å². The van der Waals surface area contributed by atoms with Crippen LogP contribution in [0.25, 0.3) is 0 Å². The maximum Gasteiger partial charge on any atom is 0.261 e. The standard InChI is InChI=1S/C16H15ClN2O2S/c17-13-5-1-2-6-14(13)19-15(20)12-4-3-8-18-16(12)21-11-7-9-22-10-11/h1-6,8,11H,7,9-10H2,(H,19,20)/t11-/m1/s1. The Morgan fingerprint density at radius 1 is 1.32 bits per heavy atom. The second-order valence-corrected chi connectivity index (χ2v) is 6.45. The highest BCUT2D eigenvalue weighted by atomic mass is 35.5. The van der Waals surface area contributed by atoms with Gasteiger partial charge < -0.3 is 10.1 Å². The molecule has 0 spiro atoms. The van der Waals surface area contributed by atoms with Crippen LogP contribution in [-0.2, 0) is 0 Å². The van der Waals surface area contributed by atoms with Gasteiger partial charge in [0.25, 0.3) is 5.91 Å².